The summed E-state index contributed by atoms with van der Waals surface area (Å²) in [7, 11) is 1.25. The molecular formula is C15H15FN2O2S. The number of nitrogens with zero attached hydrogens (tertiary/aromatic N) is 1. The van der Waals surface area contributed by atoms with E-state index in [2.05, 4.69) is 14.7 Å². The molecule has 110 valence electrons. The largest absolute Gasteiger partial charge is 0.465 e. The third-order valence-corrected chi connectivity index (χ3v) is 3.15. The molecule has 0 aliphatic heterocycles. The molecule has 0 spiro atoms. The molecule has 0 bridgehead atoms. The van der Waals surface area contributed by atoms with Crippen LogP contribution in [-0.2, 0) is 4.74 Å². The van der Waals surface area contributed by atoms with Crippen molar-refractivity contribution in [3.63, 3.8) is 0 Å². The molecule has 0 radical (unpaired) electrons. The Morgan fingerprint density at radius 3 is 2.67 bits per heavy atom. The Morgan fingerprint density at radius 1 is 1.33 bits per heavy atom. The van der Waals surface area contributed by atoms with E-state index in [1.807, 2.05) is 13.8 Å². The summed E-state index contributed by atoms with van der Waals surface area (Å²) in [5.41, 5.74) is 1.28. The molecule has 1 aromatic carbocycles. The van der Waals surface area contributed by atoms with Crippen LogP contribution in [0.4, 0.5) is 4.39 Å². The van der Waals surface area contributed by atoms with Crippen molar-refractivity contribution in [1.29, 1.82) is 0 Å². The average molecular weight is 306 g/mol. The summed E-state index contributed by atoms with van der Waals surface area (Å²) in [4.78, 5) is 18.9. The molecule has 0 atom stereocenters. The van der Waals surface area contributed by atoms with Crippen molar-refractivity contribution in [3.05, 3.63) is 46.1 Å². The fraction of sp³-hybridized carbons (Fsp3) is 0.267. The number of nitrogens with one attached hydrogen (secondary N) is 1. The average Bonchev–Trinajstić information content (AvgIpc) is 2.45. The molecule has 4 nitrogen and oxygen atoms in total. The van der Waals surface area contributed by atoms with Crippen LogP contribution >= 0.6 is 12.2 Å². The molecule has 21 heavy (non-hydrogen) atoms. The van der Waals surface area contributed by atoms with E-state index < -0.39 is 11.8 Å². The monoisotopic (exact) mass is 306 g/mol. The van der Waals surface area contributed by atoms with Gasteiger partial charge in [-0.15, -0.1) is 0 Å². The summed E-state index contributed by atoms with van der Waals surface area (Å²) < 4.78 is 18.7. The van der Waals surface area contributed by atoms with Crippen LogP contribution in [-0.4, -0.2) is 23.0 Å². The molecule has 6 heteroatoms. The number of methoxy groups -OCH3 is 1. The van der Waals surface area contributed by atoms with Crippen LogP contribution in [0, 0.1) is 10.5 Å². The first-order valence-electron chi connectivity index (χ1n) is 6.41. The molecule has 0 saturated carbocycles. The van der Waals surface area contributed by atoms with Gasteiger partial charge in [-0.2, -0.15) is 0 Å². The third kappa shape index (κ3) is 3.52. The quantitative estimate of drug-likeness (QED) is 0.691. The Kier molecular flexibility index (Phi) is 4.47. The second-order valence-electron chi connectivity index (χ2n) is 4.89. The number of aromatic nitrogens is 2. The Balaban J connectivity index is 2.59. The highest BCUT2D eigenvalue weighted by atomic mass is 32.1. The Hall–Kier alpha value is -2.08. The Labute approximate surface area is 127 Å². The van der Waals surface area contributed by atoms with E-state index in [9.17, 15) is 9.18 Å². The summed E-state index contributed by atoms with van der Waals surface area (Å²) >= 11 is 5.13. The van der Waals surface area contributed by atoms with Crippen molar-refractivity contribution >= 4 is 18.2 Å². The lowest BCUT2D eigenvalue weighted by atomic mass is 10.1. The van der Waals surface area contributed by atoms with E-state index in [0.717, 1.165) is 6.07 Å². The van der Waals surface area contributed by atoms with Crippen LogP contribution in [0.1, 0.15) is 35.9 Å². The first-order valence-corrected chi connectivity index (χ1v) is 6.82. The zero-order chi connectivity index (χ0) is 15.6. The molecule has 0 aliphatic rings. The number of benzene rings is 1. The van der Waals surface area contributed by atoms with Gasteiger partial charge in [-0.1, -0.05) is 26.1 Å². The molecule has 1 heterocycles. The fourth-order valence-electron chi connectivity index (χ4n) is 1.89. The lowest BCUT2D eigenvalue weighted by Gasteiger charge is -2.09. The van der Waals surface area contributed by atoms with Crippen LogP contribution in [0.15, 0.2) is 24.3 Å². The first kappa shape index (κ1) is 15.3. The molecule has 2 aromatic rings. The normalized spacial score (nSPS) is 10.7. The minimum absolute atomic E-state index is 0.148. The second-order valence-corrected chi connectivity index (χ2v) is 5.31. The van der Waals surface area contributed by atoms with Gasteiger partial charge in [0.25, 0.3) is 0 Å². The van der Waals surface area contributed by atoms with Crippen molar-refractivity contribution in [3.8, 4) is 11.3 Å². The Morgan fingerprint density at radius 2 is 2.05 bits per heavy atom. The number of rotatable bonds is 3. The highest BCUT2D eigenvalue weighted by Crippen LogP contribution is 2.22. The number of carbonyl (C=O) groups is 1. The number of hydrogen-bond donors (Lipinski definition) is 1. The van der Waals surface area contributed by atoms with Crippen LogP contribution in [0.5, 0.6) is 0 Å². The van der Waals surface area contributed by atoms with Gasteiger partial charge in [-0.3, -0.25) is 0 Å². The molecule has 0 unspecified atom stereocenters. The van der Waals surface area contributed by atoms with Gasteiger partial charge in [0.15, 0.2) is 0 Å². The van der Waals surface area contributed by atoms with E-state index in [1.165, 1.54) is 13.2 Å². The number of ether oxygens (including phenoxy) is 1. The highest BCUT2D eigenvalue weighted by Gasteiger charge is 2.12. The standard InChI is InChI=1S/C15H15FN2O2S/c1-8(2)14-17-12(7-13(21)18-14)9-4-10(15(19)20-3)6-11(16)5-9/h4-8H,1-3H3,(H,17,18,21). The van der Waals surface area contributed by atoms with Crippen LogP contribution < -0.4 is 0 Å². The van der Waals surface area contributed by atoms with Gasteiger partial charge in [-0.05, 0) is 24.3 Å². The van der Waals surface area contributed by atoms with E-state index in [1.54, 1.807) is 12.1 Å². The lowest BCUT2D eigenvalue weighted by molar-refractivity contribution is 0.0600. The molecule has 0 saturated heterocycles. The van der Waals surface area contributed by atoms with Crippen LogP contribution in [0.2, 0.25) is 0 Å². The molecule has 0 fully saturated rings. The zero-order valence-electron chi connectivity index (χ0n) is 11.9. The van der Waals surface area contributed by atoms with Gasteiger partial charge in [0, 0.05) is 17.2 Å². The summed E-state index contributed by atoms with van der Waals surface area (Å²) in [6.45, 7) is 3.95. The summed E-state index contributed by atoms with van der Waals surface area (Å²) in [5.74, 6) is -0.246. The van der Waals surface area contributed by atoms with Gasteiger partial charge >= 0.3 is 5.97 Å². The number of halogens is 1. The van der Waals surface area contributed by atoms with Crippen molar-refractivity contribution in [2.75, 3.05) is 7.11 Å². The van der Waals surface area contributed by atoms with Crippen molar-refractivity contribution in [2.45, 2.75) is 19.8 Å². The summed E-state index contributed by atoms with van der Waals surface area (Å²) in [6, 6.07) is 5.66. The van der Waals surface area contributed by atoms with Gasteiger partial charge in [-0.25, -0.2) is 14.2 Å². The maximum absolute atomic E-state index is 13.7. The SMILES string of the molecule is COC(=O)c1cc(F)cc(-c2cc(=S)nc(C(C)C)[nH]2)c1. The minimum atomic E-state index is -0.590. The van der Waals surface area contributed by atoms with Gasteiger partial charge in [0.2, 0.25) is 0 Å². The maximum Gasteiger partial charge on any atom is 0.337 e. The molecule has 0 amide bonds. The van der Waals surface area contributed by atoms with E-state index >= 15 is 0 Å². The van der Waals surface area contributed by atoms with Gasteiger partial charge in [0.1, 0.15) is 16.3 Å². The lowest BCUT2D eigenvalue weighted by Crippen LogP contribution is -2.03. The molecule has 0 aliphatic carbocycles. The predicted octanol–water partition coefficient (Wildman–Crippen LogP) is 3.86. The van der Waals surface area contributed by atoms with Crippen molar-refractivity contribution < 1.29 is 13.9 Å². The third-order valence-electron chi connectivity index (χ3n) is 2.94. The number of hydrogen-bond acceptors (Lipinski definition) is 4. The van der Waals surface area contributed by atoms with Crippen LogP contribution in [0.3, 0.4) is 0 Å². The maximum atomic E-state index is 13.7. The first-order chi connectivity index (χ1) is 9.90. The number of carbonyl (C=O) groups excluding carboxylic acids is 1. The molecular weight excluding hydrogens is 291 g/mol. The van der Waals surface area contributed by atoms with Crippen LogP contribution in [0.25, 0.3) is 11.3 Å². The van der Waals surface area contributed by atoms with Gasteiger partial charge < -0.3 is 9.72 Å². The molecule has 1 N–H and O–H groups in total. The smallest absolute Gasteiger partial charge is 0.337 e. The Bertz CT molecular complexity index is 741. The highest BCUT2D eigenvalue weighted by molar-refractivity contribution is 7.71. The fourth-order valence-corrected chi connectivity index (χ4v) is 2.10. The number of H-pyrrole nitrogens is 1. The van der Waals surface area contributed by atoms with Gasteiger partial charge in [0.05, 0.1) is 12.7 Å². The zero-order valence-corrected chi connectivity index (χ0v) is 12.8. The second kappa shape index (κ2) is 6.13. The van der Waals surface area contributed by atoms with Crippen molar-refractivity contribution in [2.24, 2.45) is 0 Å². The van der Waals surface area contributed by atoms with E-state index in [0.29, 0.717) is 21.7 Å². The number of esters is 1. The van der Waals surface area contributed by atoms with Crippen molar-refractivity contribution in [1.82, 2.24) is 9.97 Å². The number of aromatic amines is 1. The molecule has 2 rings (SSSR count). The molecule has 1 aromatic heterocycles. The van der Waals surface area contributed by atoms with E-state index in [-0.39, 0.29) is 11.5 Å². The summed E-state index contributed by atoms with van der Waals surface area (Å²) in [5, 5.41) is 0. The topological polar surface area (TPSA) is 55.0 Å². The summed E-state index contributed by atoms with van der Waals surface area (Å²) in [6.07, 6.45) is 0. The predicted molar refractivity (Wildman–Crippen MR) is 80.2 cm³/mol. The minimum Gasteiger partial charge on any atom is -0.465 e. The van der Waals surface area contributed by atoms with E-state index in [4.69, 9.17) is 12.2 Å².